The van der Waals surface area contributed by atoms with Crippen LogP contribution in [0.3, 0.4) is 0 Å². The van der Waals surface area contributed by atoms with Gasteiger partial charge in [0.2, 0.25) is 0 Å². The van der Waals surface area contributed by atoms with Crippen LogP contribution in [0.15, 0.2) is 42.5 Å². The summed E-state index contributed by atoms with van der Waals surface area (Å²) in [5, 5.41) is 0.599. The van der Waals surface area contributed by atoms with Gasteiger partial charge < -0.3 is 4.74 Å². The van der Waals surface area contributed by atoms with Crippen LogP contribution in [0.5, 0.6) is 5.75 Å². The summed E-state index contributed by atoms with van der Waals surface area (Å²) in [6.45, 7) is 0.242. The van der Waals surface area contributed by atoms with Crippen LogP contribution in [-0.4, -0.2) is 10.9 Å². The molecule has 1 heterocycles. The quantitative estimate of drug-likeness (QED) is 0.508. The summed E-state index contributed by atoms with van der Waals surface area (Å²) in [6.07, 6.45) is 0. The third-order valence-electron chi connectivity index (χ3n) is 2.35. The van der Waals surface area contributed by atoms with Gasteiger partial charge in [-0.25, -0.2) is 10.8 Å². The van der Waals surface area contributed by atoms with Gasteiger partial charge in [0.25, 0.3) is 5.91 Å². The zero-order valence-electron chi connectivity index (χ0n) is 9.97. The molecule has 19 heavy (non-hydrogen) atoms. The molecule has 5 nitrogen and oxygen atoms in total. The monoisotopic (exact) mass is 277 g/mol. The molecule has 1 aromatic heterocycles. The number of nitrogens with two attached hydrogens (primary N) is 1. The maximum absolute atomic E-state index is 11.3. The standard InChI is InChI=1S/C13H12ClN3O2/c14-9-3-1-5-11(7-9)19-8-10-4-2-6-12(16-10)13(18)17-15/h1-7H,8,15H2,(H,17,18). The molecule has 1 aromatic carbocycles. The van der Waals surface area contributed by atoms with Crippen LogP contribution in [0.2, 0.25) is 5.02 Å². The van der Waals surface area contributed by atoms with Gasteiger partial charge in [0.05, 0.1) is 5.69 Å². The third kappa shape index (κ3) is 3.67. The topological polar surface area (TPSA) is 77.2 Å². The largest absolute Gasteiger partial charge is 0.487 e. The number of pyridine rings is 1. The molecule has 0 fully saturated rings. The van der Waals surface area contributed by atoms with Crippen molar-refractivity contribution >= 4 is 17.5 Å². The number of carbonyl (C=O) groups is 1. The van der Waals surface area contributed by atoms with Crippen molar-refractivity contribution in [1.82, 2.24) is 10.4 Å². The van der Waals surface area contributed by atoms with Crippen LogP contribution < -0.4 is 16.0 Å². The zero-order chi connectivity index (χ0) is 13.7. The van der Waals surface area contributed by atoms with Crippen LogP contribution in [0.1, 0.15) is 16.2 Å². The predicted molar refractivity (Wildman–Crippen MR) is 71.7 cm³/mol. The Morgan fingerprint density at radius 1 is 1.32 bits per heavy atom. The van der Waals surface area contributed by atoms with Gasteiger partial charge in [0.1, 0.15) is 18.1 Å². The first-order valence-electron chi connectivity index (χ1n) is 5.54. The van der Waals surface area contributed by atoms with E-state index < -0.39 is 5.91 Å². The summed E-state index contributed by atoms with van der Waals surface area (Å²) in [6, 6.07) is 12.1. The van der Waals surface area contributed by atoms with Crippen LogP contribution in [-0.2, 0) is 6.61 Å². The summed E-state index contributed by atoms with van der Waals surface area (Å²) in [5.74, 6) is 5.25. The molecule has 3 N–H and O–H groups in total. The molecule has 0 aliphatic carbocycles. The van der Waals surface area contributed by atoms with E-state index in [0.29, 0.717) is 16.5 Å². The number of nitrogen functional groups attached to an aromatic ring is 1. The lowest BCUT2D eigenvalue weighted by Crippen LogP contribution is -2.30. The molecule has 0 unspecified atom stereocenters. The highest BCUT2D eigenvalue weighted by atomic mass is 35.5. The predicted octanol–water partition coefficient (Wildman–Crippen LogP) is 1.92. The van der Waals surface area contributed by atoms with E-state index in [1.165, 1.54) is 0 Å². The van der Waals surface area contributed by atoms with Crippen LogP contribution in [0.4, 0.5) is 0 Å². The minimum atomic E-state index is -0.440. The molecule has 0 saturated heterocycles. The van der Waals surface area contributed by atoms with Crippen LogP contribution in [0, 0.1) is 0 Å². The van der Waals surface area contributed by atoms with E-state index in [0.717, 1.165) is 0 Å². The van der Waals surface area contributed by atoms with E-state index in [1.807, 2.05) is 5.43 Å². The highest BCUT2D eigenvalue weighted by Crippen LogP contribution is 2.18. The van der Waals surface area contributed by atoms with E-state index in [-0.39, 0.29) is 12.3 Å². The van der Waals surface area contributed by atoms with Gasteiger partial charge in [0.15, 0.2) is 0 Å². The van der Waals surface area contributed by atoms with Gasteiger partial charge in [-0.15, -0.1) is 0 Å². The van der Waals surface area contributed by atoms with Gasteiger partial charge in [-0.1, -0.05) is 23.7 Å². The van der Waals surface area contributed by atoms with Gasteiger partial charge in [-0.3, -0.25) is 10.2 Å². The Morgan fingerprint density at radius 2 is 2.11 bits per heavy atom. The Kier molecular flexibility index (Phi) is 4.33. The number of halogens is 1. The summed E-state index contributed by atoms with van der Waals surface area (Å²) in [7, 11) is 0. The van der Waals surface area contributed by atoms with Gasteiger partial charge in [-0.2, -0.15) is 0 Å². The molecule has 1 amide bonds. The Hall–Kier alpha value is -2.11. The van der Waals surface area contributed by atoms with E-state index in [4.69, 9.17) is 22.2 Å². The maximum atomic E-state index is 11.3. The molecule has 2 rings (SSSR count). The molecule has 0 saturated carbocycles. The maximum Gasteiger partial charge on any atom is 0.283 e. The number of ether oxygens (including phenoxy) is 1. The molecule has 0 aliphatic rings. The highest BCUT2D eigenvalue weighted by molar-refractivity contribution is 6.30. The van der Waals surface area contributed by atoms with E-state index >= 15 is 0 Å². The summed E-state index contributed by atoms with van der Waals surface area (Å²) < 4.78 is 5.53. The normalized spacial score (nSPS) is 10.0. The van der Waals surface area contributed by atoms with Crippen molar-refractivity contribution in [2.75, 3.05) is 0 Å². The fraction of sp³-hybridized carbons (Fsp3) is 0.0769. The number of rotatable bonds is 4. The lowest BCUT2D eigenvalue weighted by Gasteiger charge is -2.07. The minimum Gasteiger partial charge on any atom is -0.487 e. The molecule has 0 radical (unpaired) electrons. The summed E-state index contributed by atoms with van der Waals surface area (Å²) in [4.78, 5) is 15.5. The number of amides is 1. The number of hydrogen-bond acceptors (Lipinski definition) is 4. The fourth-order valence-electron chi connectivity index (χ4n) is 1.47. The lowest BCUT2D eigenvalue weighted by atomic mass is 10.3. The second-order valence-electron chi connectivity index (χ2n) is 3.73. The van der Waals surface area contributed by atoms with Crippen molar-refractivity contribution in [2.24, 2.45) is 5.84 Å². The van der Waals surface area contributed by atoms with Crippen molar-refractivity contribution < 1.29 is 9.53 Å². The Labute approximate surface area is 115 Å². The Bertz CT molecular complexity index is 590. The second-order valence-corrected chi connectivity index (χ2v) is 4.17. The number of hydrazine groups is 1. The number of carbonyl (C=O) groups excluding carboxylic acids is 1. The fourth-order valence-corrected chi connectivity index (χ4v) is 1.65. The van der Waals surface area contributed by atoms with Crippen LogP contribution >= 0.6 is 11.6 Å². The first kappa shape index (κ1) is 13.3. The molecule has 0 spiro atoms. The number of aromatic nitrogens is 1. The molecule has 2 aromatic rings. The molecular formula is C13H12ClN3O2. The average Bonchev–Trinajstić information content (AvgIpc) is 2.45. The summed E-state index contributed by atoms with van der Waals surface area (Å²) >= 11 is 5.85. The average molecular weight is 278 g/mol. The Morgan fingerprint density at radius 3 is 2.84 bits per heavy atom. The van der Waals surface area contributed by atoms with Crippen LogP contribution in [0.25, 0.3) is 0 Å². The van der Waals surface area contributed by atoms with Crippen molar-refractivity contribution in [3.63, 3.8) is 0 Å². The summed E-state index contributed by atoms with van der Waals surface area (Å²) in [5.41, 5.74) is 2.90. The zero-order valence-corrected chi connectivity index (χ0v) is 10.7. The first-order valence-corrected chi connectivity index (χ1v) is 5.92. The molecule has 0 atom stereocenters. The third-order valence-corrected chi connectivity index (χ3v) is 2.59. The van der Waals surface area contributed by atoms with E-state index in [1.54, 1.807) is 42.5 Å². The molecule has 98 valence electrons. The smallest absolute Gasteiger partial charge is 0.283 e. The molecule has 6 heteroatoms. The second kappa shape index (κ2) is 6.17. The van der Waals surface area contributed by atoms with Crippen molar-refractivity contribution in [3.05, 3.63) is 58.9 Å². The van der Waals surface area contributed by atoms with Crippen molar-refractivity contribution in [1.29, 1.82) is 0 Å². The SMILES string of the molecule is NNC(=O)c1cccc(COc2cccc(Cl)c2)n1. The van der Waals surface area contributed by atoms with E-state index in [9.17, 15) is 4.79 Å². The number of benzene rings is 1. The number of nitrogens with one attached hydrogen (secondary N) is 1. The molecule has 0 bridgehead atoms. The van der Waals surface area contributed by atoms with E-state index in [2.05, 4.69) is 4.98 Å². The molecule has 0 aliphatic heterocycles. The lowest BCUT2D eigenvalue weighted by molar-refractivity contribution is 0.0948. The van der Waals surface area contributed by atoms with Gasteiger partial charge in [0, 0.05) is 5.02 Å². The number of nitrogens with zero attached hydrogens (tertiary/aromatic N) is 1. The molecular weight excluding hydrogens is 266 g/mol. The Balaban J connectivity index is 2.05. The number of hydrogen-bond donors (Lipinski definition) is 2. The van der Waals surface area contributed by atoms with Crippen molar-refractivity contribution in [2.45, 2.75) is 6.61 Å². The minimum absolute atomic E-state index is 0.242. The first-order chi connectivity index (χ1) is 9.19. The van der Waals surface area contributed by atoms with Gasteiger partial charge >= 0.3 is 0 Å². The van der Waals surface area contributed by atoms with Gasteiger partial charge in [-0.05, 0) is 30.3 Å². The highest BCUT2D eigenvalue weighted by Gasteiger charge is 2.06. The van der Waals surface area contributed by atoms with Crippen molar-refractivity contribution in [3.8, 4) is 5.75 Å².